The number of carbonyl (C=O) groups excluding carboxylic acids is 1. The quantitative estimate of drug-likeness (QED) is 0.618. The Morgan fingerprint density at radius 1 is 1.10 bits per heavy atom. The number of nitrogens with one attached hydrogen (secondary N) is 2. The van der Waals surface area contributed by atoms with Crippen molar-refractivity contribution in [3.05, 3.63) is 54.1 Å². The summed E-state index contributed by atoms with van der Waals surface area (Å²) >= 11 is 0. The normalized spacial score (nSPS) is 12.4. The van der Waals surface area contributed by atoms with E-state index >= 15 is 0 Å². The number of sulfonamides is 1. The third-order valence-electron chi connectivity index (χ3n) is 4.75. The van der Waals surface area contributed by atoms with Gasteiger partial charge in [-0.25, -0.2) is 8.42 Å². The van der Waals surface area contributed by atoms with E-state index in [0.717, 1.165) is 13.1 Å². The van der Waals surface area contributed by atoms with Crippen LogP contribution in [0.3, 0.4) is 0 Å². The molecule has 1 atom stereocenters. The molecule has 2 aromatic rings. The highest BCUT2D eigenvalue weighted by molar-refractivity contribution is 7.92. The third-order valence-corrected chi connectivity index (χ3v) is 6.11. The smallest absolute Gasteiger partial charge is 0.262 e. The highest BCUT2D eigenvalue weighted by atomic mass is 32.2. The van der Waals surface area contributed by atoms with E-state index in [1.54, 1.807) is 36.4 Å². The van der Waals surface area contributed by atoms with E-state index in [9.17, 15) is 13.2 Å². The second-order valence-electron chi connectivity index (χ2n) is 6.61. The lowest BCUT2D eigenvalue weighted by atomic mass is 10.2. The first-order valence-electron chi connectivity index (χ1n) is 9.60. The molecule has 0 unspecified atom stereocenters. The van der Waals surface area contributed by atoms with Crippen LogP contribution in [-0.2, 0) is 10.0 Å². The minimum atomic E-state index is -3.87. The fourth-order valence-electron chi connectivity index (χ4n) is 3.06. The molecule has 0 bridgehead atoms. The number of amides is 1. The summed E-state index contributed by atoms with van der Waals surface area (Å²) in [5.74, 6) is 0.105. The molecule has 2 rings (SSSR count). The van der Waals surface area contributed by atoms with Crippen LogP contribution < -0.4 is 14.8 Å². The van der Waals surface area contributed by atoms with Crippen LogP contribution >= 0.6 is 0 Å². The first-order chi connectivity index (χ1) is 13.8. The van der Waals surface area contributed by atoms with E-state index in [4.69, 9.17) is 4.74 Å². The van der Waals surface area contributed by atoms with Crippen LogP contribution in [0.25, 0.3) is 0 Å². The fraction of sp³-hybridized carbons (Fsp3) is 0.381. The van der Waals surface area contributed by atoms with Crippen molar-refractivity contribution in [2.45, 2.75) is 31.7 Å². The molecule has 0 aliphatic rings. The molecular weight excluding hydrogens is 390 g/mol. The van der Waals surface area contributed by atoms with Gasteiger partial charge >= 0.3 is 0 Å². The third kappa shape index (κ3) is 5.95. The zero-order chi connectivity index (χ0) is 21.4. The molecule has 0 radical (unpaired) electrons. The van der Waals surface area contributed by atoms with Crippen LogP contribution in [-0.4, -0.2) is 52.0 Å². The van der Waals surface area contributed by atoms with Crippen molar-refractivity contribution in [3.8, 4) is 5.75 Å². The van der Waals surface area contributed by atoms with Gasteiger partial charge < -0.3 is 10.1 Å². The van der Waals surface area contributed by atoms with Crippen LogP contribution in [0.15, 0.2) is 53.4 Å². The number of hydrogen-bond acceptors (Lipinski definition) is 5. The first kappa shape index (κ1) is 22.7. The number of carbonyl (C=O) groups is 1. The zero-order valence-electron chi connectivity index (χ0n) is 17.3. The lowest BCUT2D eigenvalue weighted by Crippen LogP contribution is -2.42. The molecule has 0 fully saturated rings. The van der Waals surface area contributed by atoms with Gasteiger partial charge in [-0.2, -0.15) is 0 Å². The van der Waals surface area contributed by atoms with Crippen LogP contribution in [0, 0.1) is 0 Å². The second-order valence-corrected chi connectivity index (χ2v) is 8.30. The SMILES string of the molecule is CCN(CC)[C@@H](C)CNC(=O)c1cccc(S(=O)(=O)Nc2ccccc2OC)c1. The number of anilines is 1. The largest absolute Gasteiger partial charge is 0.495 e. The molecule has 2 aromatic carbocycles. The van der Waals surface area contributed by atoms with Gasteiger partial charge in [-0.15, -0.1) is 0 Å². The highest BCUT2D eigenvalue weighted by Gasteiger charge is 2.19. The lowest BCUT2D eigenvalue weighted by Gasteiger charge is -2.26. The lowest BCUT2D eigenvalue weighted by molar-refractivity contribution is 0.0937. The van der Waals surface area contributed by atoms with Crippen LogP contribution in [0.5, 0.6) is 5.75 Å². The Kier molecular flexibility index (Phi) is 8.04. The van der Waals surface area contributed by atoms with E-state index in [1.807, 2.05) is 6.92 Å². The van der Waals surface area contributed by atoms with Crippen molar-refractivity contribution in [2.24, 2.45) is 0 Å². The van der Waals surface area contributed by atoms with Gasteiger partial charge in [0.15, 0.2) is 0 Å². The number of ether oxygens (including phenoxy) is 1. The number of rotatable bonds is 10. The molecule has 0 aliphatic carbocycles. The first-order valence-corrected chi connectivity index (χ1v) is 11.1. The number of nitrogens with zero attached hydrogens (tertiary/aromatic N) is 1. The maximum absolute atomic E-state index is 12.8. The summed E-state index contributed by atoms with van der Waals surface area (Å²) < 4.78 is 33.2. The van der Waals surface area contributed by atoms with Crippen molar-refractivity contribution in [3.63, 3.8) is 0 Å². The van der Waals surface area contributed by atoms with Crippen molar-refractivity contribution in [1.82, 2.24) is 10.2 Å². The molecular formula is C21H29N3O4S. The van der Waals surface area contributed by atoms with E-state index in [-0.39, 0.29) is 16.8 Å². The molecule has 0 saturated carbocycles. The van der Waals surface area contributed by atoms with Crippen molar-refractivity contribution in [2.75, 3.05) is 31.5 Å². The van der Waals surface area contributed by atoms with Crippen molar-refractivity contribution < 1.29 is 17.9 Å². The summed E-state index contributed by atoms with van der Waals surface area (Å²) in [7, 11) is -2.40. The summed E-state index contributed by atoms with van der Waals surface area (Å²) in [5, 5.41) is 2.88. The standard InChI is InChI=1S/C21H29N3O4S/c1-5-24(6-2)16(3)15-22-21(25)17-10-9-11-18(14-17)29(26,27)23-19-12-7-8-13-20(19)28-4/h7-14,16,23H,5-6,15H2,1-4H3,(H,22,25)/t16-/m0/s1. The topological polar surface area (TPSA) is 87.7 Å². The van der Waals surface area contributed by atoms with Gasteiger partial charge in [0.2, 0.25) is 0 Å². The average Bonchev–Trinajstić information content (AvgIpc) is 2.73. The van der Waals surface area contributed by atoms with E-state index < -0.39 is 10.0 Å². The summed E-state index contributed by atoms with van der Waals surface area (Å²) in [4.78, 5) is 14.8. The van der Waals surface area contributed by atoms with Gasteiger partial charge in [-0.3, -0.25) is 14.4 Å². The minimum absolute atomic E-state index is 0.00727. The zero-order valence-corrected chi connectivity index (χ0v) is 18.1. The Morgan fingerprint density at radius 3 is 2.45 bits per heavy atom. The Hall–Kier alpha value is -2.58. The summed E-state index contributed by atoms with van der Waals surface area (Å²) in [5.41, 5.74) is 0.623. The maximum Gasteiger partial charge on any atom is 0.262 e. The number of likely N-dealkylation sites (N-methyl/N-ethyl adjacent to an activating group) is 1. The molecule has 29 heavy (non-hydrogen) atoms. The number of benzene rings is 2. The molecule has 0 spiro atoms. The Labute approximate surface area is 173 Å². The second kappa shape index (κ2) is 10.3. The van der Waals surface area contributed by atoms with Gasteiger partial charge in [-0.05, 0) is 50.3 Å². The Bertz CT molecular complexity index is 927. The van der Waals surface area contributed by atoms with Gasteiger partial charge in [0.05, 0.1) is 17.7 Å². The molecule has 0 heterocycles. The highest BCUT2D eigenvalue weighted by Crippen LogP contribution is 2.26. The van der Waals surface area contributed by atoms with Gasteiger partial charge in [0, 0.05) is 18.2 Å². The number of para-hydroxylation sites is 2. The number of hydrogen-bond donors (Lipinski definition) is 2. The molecule has 158 valence electrons. The Morgan fingerprint density at radius 2 is 1.79 bits per heavy atom. The summed E-state index contributed by atoms with van der Waals surface area (Å²) in [6.45, 7) is 8.48. The van der Waals surface area contributed by atoms with Crippen LogP contribution in [0.4, 0.5) is 5.69 Å². The van der Waals surface area contributed by atoms with E-state index in [1.165, 1.54) is 19.2 Å². The van der Waals surface area contributed by atoms with Gasteiger partial charge in [0.1, 0.15) is 5.75 Å². The van der Waals surface area contributed by atoms with Crippen molar-refractivity contribution in [1.29, 1.82) is 0 Å². The minimum Gasteiger partial charge on any atom is -0.495 e. The predicted molar refractivity (Wildman–Crippen MR) is 115 cm³/mol. The van der Waals surface area contributed by atoms with Crippen LogP contribution in [0.2, 0.25) is 0 Å². The molecule has 1 amide bonds. The summed E-state index contributed by atoms with van der Waals surface area (Å²) in [6.07, 6.45) is 0. The molecule has 0 aliphatic heterocycles. The molecule has 2 N–H and O–H groups in total. The molecule has 0 aromatic heterocycles. The number of methoxy groups -OCH3 is 1. The fourth-order valence-corrected chi connectivity index (χ4v) is 4.17. The monoisotopic (exact) mass is 419 g/mol. The Balaban J connectivity index is 2.14. The predicted octanol–water partition coefficient (Wildman–Crippen LogP) is 2.96. The molecule has 7 nitrogen and oxygen atoms in total. The summed E-state index contributed by atoms with van der Waals surface area (Å²) in [6, 6.07) is 12.9. The maximum atomic E-state index is 12.8. The van der Waals surface area contributed by atoms with Crippen LogP contribution in [0.1, 0.15) is 31.1 Å². The molecule has 0 saturated heterocycles. The average molecular weight is 420 g/mol. The molecule has 8 heteroatoms. The van der Waals surface area contributed by atoms with Crippen molar-refractivity contribution >= 4 is 21.6 Å². The van der Waals surface area contributed by atoms with Gasteiger partial charge in [-0.1, -0.05) is 32.0 Å². The van der Waals surface area contributed by atoms with E-state index in [0.29, 0.717) is 23.5 Å². The van der Waals surface area contributed by atoms with Gasteiger partial charge in [0.25, 0.3) is 15.9 Å². The van der Waals surface area contributed by atoms with E-state index in [2.05, 4.69) is 28.8 Å².